The van der Waals surface area contributed by atoms with Crippen LogP contribution in [-0.2, 0) is 102 Å². The Bertz CT molecular complexity index is 5020. The highest BCUT2D eigenvalue weighted by atomic mass is 35.5. The summed E-state index contributed by atoms with van der Waals surface area (Å²) < 4.78 is 29.2. The van der Waals surface area contributed by atoms with Gasteiger partial charge in [-0.1, -0.05) is 153 Å². The quantitative estimate of drug-likeness (QED) is 0.0107. The van der Waals surface area contributed by atoms with Gasteiger partial charge < -0.3 is 112 Å². The number of para-hydroxylation sites is 1. The van der Waals surface area contributed by atoms with Crippen LogP contribution in [0.3, 0.4) is 0 Å². The van der Waals surface area contributed by atoms with Gasteiger partial charge in [-0.15, -0.1) is 0 Å². The lowest BCUT2D eigenvalue weighted by atomic mass is 9.83. The van der Waals surface area contributed by atoms with Crippen LogP contribution in [0.4, 0.5) is 10.5 Å². The second-order valence-electron chi connectivity index (χ2n) is 35.0. The highest BCUT2D eigenvalue weighted by molar-refractivity contribution is 8.77. The van der Waals surface area contributed by atoms with E-state index >= 15 is 14.4 Å². The molecule has 732 valence electrons. The lowest BCUT2D eigenvalue weighted by Gasteiger charge is -2.42. The average molecular weight is 1960 g/mol. The van der Waals surface area contributed by atoms with Crippen molar-refractivity contribution in [3.05, 3.63) is 148 Å². The summed E-state index contributed by atoms with van der Waals surface area (Å²) in [7, 11) is 10.4. The van der Waals surface area contributed by atoms with E-state index in [4.69, 9.17) is 41.0 Å². The summed E-state index contributed by atoms with van der Waals surface area (Å²) >= 11 is 6.91. The maximum absolute atomic E-state index is 15.3. The van der Waals surface area contributed by atoms with E-state index in [1.165, 1.54) is 105 Å². The zero-order valence-corrected chi connectivity index (χ0v) is 81.6. The smallest absolute Gasteiger partial charge is 0.409 e. The number of methoxy groups -OCH3 is 2. The fourth-order valence-electron chi connectivity index (χ4n) is 15.8. The van der Waals surface area contributed by atoms with E-state index in [1.54, 1.807) is 99.8 Å². The summed E-state index contributed by atoms with van der Waals surface area (Å²) in [5.41, 5.74) is 6.84. The Kier molecular flexibility index (Phi) is 40.2. The number of phenols is 1. The summed E-state index contributed by atoms with van der Waals surface area (Å²) in [5, 5.41) is 72.7. The molecule has 0 spiro atoms. The lowest BCUT2D eigenvalue weighted by molar-refractivity contribution is -0.162. The lowest BCUT2D eigenvalue weighted by Crippen LogP contribution is -2.63. The number of nitrogens with one attached hydrogen (secondary N) is 11. The second kappa shape index (κ2) is 50.1. The Morgan fingerprint density at radius 3 is 2.17 bits per heavy atom. The molecule has 0 saturated carbocycles. The minimum absolute atomic E-state index is 0.0196. The van der Waals surface area contributed by atoms with Crippen molar-refractivity contribution in [1.82, 2.24) is 63.1 Å². The van der Waals surface area contributed by atoms with Crippen LogP contribution in [0.2, 0.25) is 5.02 Å². The number of phenolic OH excluding ortho intramolecular Hbond substituents is 1. The molecule has 17 N–H and O–H groups in total. The Morgan fingerprint density at radius 1 is 0.821 bits per heavy atom. The van der Waals surface area contributed by atoms with Crippen molar-refractivity contribution < 1.29 is 106 Å². The molecular formula is C93H127ClN14O22S4. The van der Waals surface area contributed by atoms with Gasteiger partial charge in [0.1, 0.15) is 94.8 Å². The molecule has 9 rings (SSSR count). The number of H-pyrrole nitrogens is 1. The van der Waals surface area contributed by atoms with E-state index in [-0.39, 0.29) is 93.2 Å². The first-order chi connectivity index (χ1) is 63.6. The van der Waals surface area contributed by atoms with Gasteiger partial charge in [-0.05, 0) is 146 Å². The van der Waals surface area contributed by atoms with E-state index in [1.807, 2.05) is 32.9 Å². The van der Waals surface area contributed by atoms with Gasteiger partial charge in [0.2, 0.25) is 65.0 Å². The number of carbonyl (C=O) groups excluding carboxylic acids is 13. The third kappa shape index (κ3) is 30.2. The molecule has 134 heavy (non-hydrogen) atoms. The van der Waals surface area contributed by atoms with Gasteiger partial charge in [0, 0.05) is 111 Å². The fourth-order valence-corrected chi connectivity index (χ4v) is 20.9. The molecule has 41 heteroatoms. The van der Waals surface area contributed by atoms with Crippen LogP contribution in [0.15, 0.2) is 121 Å². The number of alkyl carbamates (subject to hydrolysis) is 1. The van der Waals surface area contributed by atoms with E-state index in [2.05, 4.69) is 58.2 Å². The fraction of sp³-hybridized carbons (Fsp3) is 0.538. The van der Waals surface area contributed by atoms with Gasteiger partial charge in [-0.25, -0.2) is 9.59 Å². The molecule has 12 amide bonds. The maximum Gasteiger partial charge on any atom is 0.409 e. The van der Waals surface area contributed by atoms with E-state index in [0.29, 0.717) is 58.3 Å². The number of likely N-dealkylation sites (N-methyl/N-ethyl adjacent to an activating group) is 1. The van der Waals surface area contributed by atoms with E-state index < -0.39 is 202 Å². The van der Waals surface area contributed by atoms with Gasteiger partial charge in [-0.3, -0.25) is 58.1 Å². The Hall–Kier alpha value is -10.1. The first-order valence-electron chi connectivity index (χ1n) is 44.6. The number of allylic oxidation sites excluding steroid dienone is 3. The van der Waals surface area contributed by atoms with Gasteiger partial charge in [0.05, 0.1) is 37.5 Å². The number of aliphatic hydroxyl groups excluding tert-OH is 2. The topological polar surface area (TPSA) is 521 Å². The standard InChI is InChI=1S/C93H127ClN14O22S4/c1-14-23-74(112)98-64(41-56-25-16-15-17-26-56)82(116)102-67-49-132-133-50-68(103-88(122)79(55(6)110)105-81(115)63(29-20-21-37-95)99-84(118)66(45-59-48-97-62-28-19-18-27-61(59)62)101-83(117)65(100-85(67)119)42-57-31-33-60(111)34-32-57)86(120)104-78(54(5)109)87(121)96-38-39-131-134-91(7,8)36-35-75(113)107(10)53(4)89(123)129-73-46-76(114)108(11)69-43-58(44-70(126-12)77(69)94)40-51(2)24-22-30-72(127-13)93(125)47-71(128-90(124)106-93)52(3)80-92(73,9)130-80/h15-19,22,24-28,30-34,43-44,48,52-55,63-68,71-73,78-80,97,109-111,125H,14,20-21,23,29,35-42,45-47,49-50,95H2,1-13H3,(H,96,121)(H,98,112)(H,99,118)(H,100,119)(H,101,117)(H,102,116)(H,103,122)(H,104,120)(H,105,115)(H,106,124)/b30-22+,51-24+/t52-,53+,54-,55-,63+,64-,65+,66-,67+,68+,71+,72-,73+,78+,79+,80+,92+,93+/m1/s1. The highest BCUT2D eigenvalue weighted by Crippen LogP contribution is 2.50. The van der Waals surface area contributed by atoms with Crippen LogP contribution in [-0.4, -0.2) is 273 Å². The molecule has 3 saturated heterocycles. The number of unbranched alkanes of at least 4 members (excludes halogenated alkanes) is 1. The number of hydrogen-bond donors (Lipinski definition) is 16. The zero-order valence-electron chi connectivity index (χ0n) is 77.6. The number of epoxide rings is 1. The largest absolute Gasteiger partial charge is 0.508 e. The number of aromatic amines is 1. The van der Waals surface area contributed by atoms with Gasteiger partial charge in [-0.2, -0.15) is 0 Å². The molecule has 4 aliphatic rings. The maximum atomic E-state index is 15.3. The third-order valence-electron chi connectivity index (χ3n) is 23.9. The molecule has 0 unspecified atom stereocenters. The van der Waals surface area contributed by atoms with Crippen LogP contribution in [0, 0.1) is 5.92 Å². The van der Waals surface area contributed by atoms with Crippen LogP contribution in [0.25, 0.3) is 10.9 Å². The van der Waals surface area contributed by atoms with Crippen molar-refractivity contribution in [2.75, 3.05) is 63.6 Å². The predicted octanol–water partition coefficient (Wildman–Crippen LogP) is 5.45. The molecule has 4 aromatic carbocycles. The Balaban J connectivity index is 0.890. The number of aromatic nitrogens is 1. The number of anilines is 1. The van der Waals surface area contributed by atoms with Crippen molar-refractivity contribution in [3.8, 4) is 11.5 Å². The first kappa shape index (κ1) is 108. The molecule has 4 aliphatic heterocycles. The van der Waals surface area contributed by atoms with Crippen LogP contribution < -0.4 is 68.5 Å². The summed E-state index contributed by atoms with van der Waals surface area (Å²) in [4.78, 5) is 195. The Labute approximate surface area is 800 Å². The first-order valence-corrected chi connectivity index (χ1v) is 49.8. The van der Waals surface area contributed by atoms with Gasteiger partial charge >= 0.3 is 12.1 Å². The molecule has 3 fully saturated rings. The number of aromatic hydroxyl groups is 1. The number of rotatable bonds is 33. The summed E-state index contributed by atoms with van der Waals surface area (Å²) in [6.07, 6.45) is -0.919. The SMILES string of the molecule is CCCC(=O)N[C@H](Cc1ccccc1)C(=O)N[C@H]1CSSC[C@@H](C(=O)N[C@H](C(=O)NCCSSC(C)(C)CCC(=O)N(C)[C@@H](C)C(=O)O[C@H]2CC(=O)N(C)c3cc(cc(OC)c3Cl)C/C(C)=C/C=C/[C@@H](OC)[C@@]3(O)C[C@H](OC(=O)N3)[C@@H](C)[C@@H]3O[C@@]23C)[C@@H](C)O)NC(=O)[C@H]([C@@H](C)O)NC(=O)[C@H](CCCCN)NC(=O)[C@@H](Cc2c[nH]c3ccccc23)NC(=O)[C@H](Cc2ccc(O)cc2)NC1=O. The van der Waals surface area contributed by atoms with Crippen molar-refractivity contribution in [3.63, 3.8) is 0 Å². The van der Waals surface area contributed by atoms with Crippen LogP contribution in [0.5, 0.6) is 11.5 Å². The minimum atomic E-state index is -1.94. The number of aliphatic hydroxyl groups is 3. The second-order valence-corrected chi connectivity index (χ2v) is 41.0. The van der Waals surface area contributed by atoms with E-state index in [0.717, 1.165) is 32.7 Å². The monoisotopic (exact) mass is 1950 g/mol. The number of esters is 1. The number of fused-ring (bicyclic) bond motifs is 6. The molecule has 0 radical (unpaired) electrons. The number of nitrogens with two attached hydrogens (primary N) is 1. The average Bonchev–Trinajstić information content (AvgIpc) is 1.57. The van der Waals surface area contributed by atoms with Crippen molar-refractivity contribution in [1.29, 1.82) is 0 Å². The highest BCUT2D eigenvalue weighted by Gasteiger charge is 2.65. The van der Waals surface area contributed by atoms with Gasteiger partial charge in [0.25, 0.3) is 0 Å². The van der Waals surface area contributed by atoms with Crippen molar-refractivity contribution in [2.24, 2.45) is 11.7 Å². The zero-order chi connectivity index (χ0) is 98.1. The summed E-state index contributed by atoms with van der Waals surface area (Å²) in [5.74, 6) is -10.8. The number of carbonyl (C=O) groups is 13. The van der Waals surface area contributed by atoms with Crippen molar-refractivity contribution in [2.45, 2.75) is 253 Å². The normalized spacial score (nSPS) is 25.5. The molecule has 1 aromatic heterocycles. The molecule has 0 aliphatic carbocycles. The number of benzene rings is 4. The Morgan fingerprint density at radius 2 is 1.49 bits per heavy atom. The predicted molar refractivity (Wildman–Crippen MR) is 513 cm³/mol. The van der Waals surface area contributed by atoms with E-state index in [9.17, 15) is 68.4 Å². The minimum Gasteiger partial charge on any atom is -0.508 e. The molecule has 36 nitrogen and oxygen atoms in total. The van der Waals surface area contributed by atoms with Gasteiger partial charge in [0.15, 0.2) is 5.72 Å². The molecular weight excluding hydrogens is 1830 g/mol. The number of halogens is 1. The number of hydrogen-bond acceptors (Lipinski definition) is 27. The molecule has 5 heterocycles. The van der Waals surface area contributed by atoms with Crippen LogP contribution >= 0.6 is 54.8 Å². The van der Waals surface area contributed by atoms with Crippen LogP contribution in [0.1, 0.15) is 142 Å². The summed E-state index contributed by atoms with van der Waals surface area (Å²) in [6, 6.07) is 11.5. The number of ether oxygens (including phenoxy) is 5. The third-order valence-corrected chi connectivity index (χ3v) is 30.1. The molecule has 4 bridgehead atoms. The molecule has 18 atom stereocenters. The summed E-state index contributed by atoms with van der Waals surface area (Å²) in [6.45, 7) is 15.0. The van der Waals surface area contributed by atoms with Crippen molar-refractivity contribution >= 4 is 148 Å². The number of amides is 12. The number of nitrogens with zero attached hydrogens (tertiary/aromatic N) is 2. The molecule has 5 aromatic rings.